The molecule has 4 aromatic carbocycles. The van der Waals surface area contributed by atoms with Crippen LogP contribution in [0.5, 0.6) is 0 Å². The van der Waals surface area contributed by atoms with Crippen molar-refractivity contribution in [2.24, 2.45) is 0 Å². The summed E-state index contributed by atoms with van der Waals surface area (Å²) in [7, 11) is 1.58. The van der Waals surface area contributed by atoms with Gasteiger partial charge < -0.3 is 14.4 Å². The Morgan fingerprint density at radius 2 is 1.73 bits per heavy atom. The second-order valence-electron chi connectivity index (χ2n) is 10.7. The molecular formula is C32H30N3O2+. The number of aryl methyl sites for hydroxylation is 2. The number of benzene rings is 4. The van der Waals surface area contributed by atoms with Gasteiger partial charge in [-0.15, -0.1) is 0 Å². The Morgan fingerprint density at radius 1 is 0.946 bits per heavy atom. The molecule has 37 heavy (non-hydrogen) atoms. The van der Waals surface area contributed by atoms with E-state index in [9.17, 15) is 5.11 Å². The number of nitrogens with zero attached hydrogens (tertiary/aromatic N) is 3. The number of ether oxygens (including phenoxy) is 1. The van der Waals surface area contributed by atoms with Crippen molar-refractivity contribution in [3.63, 3.8) is 0 Å². The van der Waals surface area contributed by atoms with Crippen molar-refractivity contribution >= 4 is 43.5 Å². The van der Waals surface area contributed by atoms with Gasteiger partial charge in [0.2, 0.25) is 5.79 Å². The second-order valence-corrected chi connectivity index (χ2v) is 10.7. The molecule has 2 aromatic heterocycles. The van der Waals surface area contributed by atoms with Crippen LogP contribution in [0.1, 0.15) is 36.6 Å². The number of rotatable bonds is 2. The highest BCUT2D eigenvalue weighted by atomic mass is 16.6. The summed E-state index contributed by atoms with van der Waals surface area (Å²) in [6, 6.07) is 21.8. The second kappa shape index (κ2) is 7.60. The Bertz CT molecular complexity index is 1920. The molecule has 3 heterocycles. The van der Waals surface area contributed by atoms with Gasteiger partial charge in [-0.25, -0.2) is 4.57 Å². The van der Waals surface area contributed by atoms with Gasteiger partial charge >= 0.3 is 0 Å². The van der Waals surface area contributed by atoms with Crippen LogP contribution < -0.4 is 4.57 Å². The van der Waals surface area contributed by atoms with Crippen molar-refractivity contribution in [1.82, 2.24) is 9.55 Å². The minimum absolute atomic E-state index is 0.233. The average molecular weight is 489 g/mol. The highest BCUT2D eigenvalue weighted by Gasteiger charge is 2.44. The van der Waals surface area contributed by atoms with Gasteiger partial charge in [-0.1, -0.05) is 48.5 Å². The predicted molar refractivity (Wildman–Crippen MR) is 149 cm³/mol. The van der Waals surface area contributed by atoms with Crippen molar-refractivity contribution in [1.29, 1.82) is 0 Å². The lowest BCUT2D eigenvalue weighted by atomic mass is 9.84. The highest BCUT2D eigenvalue weighted by molar-refractivity contribution is 6.23. The molecule has 5 heteroatoms. The Labute approximate surface area is 215 Å². The molecule has 0 saturated heterocycles. The zero-order chi connectivity index (χ0) is 25.6. The largest absolute Gasteiger partial charge is 0.359 e. The summed E-state index contributed by atoms with van der Waals surface area (Å²) in [6.45, 7) is 8.97. The number of aromatic nitrogens is 3. The average Bonchev–Trinajstić information content (AvgIpc) is 3.23. The van der Waals surface area contributed by atoms with Crippen LogP contribution in [0.2, 0.25) is 0 Å². The first-order chi connectivity index (χ1) is 17.8. The molecule has 1 aliphatic rings. The lowest BCUT2D eigenvalue weighted by molar-refractivity contribution is -0.716. The minimum Gasteiger partial charge on any atom is -0.359 e. The quantitative estimate of drug-likeness (QED) is 0.225. The van der Waals surface area contributed by atoms with Gasteiger partial charge in [-0.05, 0) is 77.5 Å². The molecule has 1 aliphatic heterocycles. The molecule has 7 rings (SSSR count). The van der Waals surface area contributed by atoms with Gasteiger partial charge in [0, 0.05) is 29.7 Å². The van der Waals surface area contributed by atoms with E-state index in [0.717, 1.165) is 33.2 Å². The van der Waals surface area contributed by atoms with Crippen LogP contribution in [0.15, 0.2) is 67.0 Å². The Hall–Kier alpha value is -3.80. The van der Waals surface area contributed by atoms with Crippen molar-refractivity contribution in [3.8, 4) is 11.3 Å². The fraction of sp³-hybridized carbons (Fsp3) is 0.250. The monoisotopic (exact) mass is 488 g/mol. The summed E-state index contributed by atoms with van der Waals surface area (Å²) in [5.41, 5.74) is 7.41. The van der Waals surface area contributed by atoms with Crippen LogP contribution in [-0.4, -0.2) is 21.8 Å². The number of aliphatic hydroxyl groups is 1. The first-order valence-electron chi connectivity index (χ1n) is 12.9. The summed E-state index contributed by atoms with van der Waals surface area (Å²) in [5.74, 6) is -1.47. The van der Waals surface area contributed by atoms with E-state index in [1.807, 2.05) is 6.33 Å². The SMILES string of the molecule is COC1(O)C[n+]2cnc3c(c2-c2cc(C)c4c(C)cccc4c21)c1c2ccccc2ccc1n3C(C)C. The van der Waals surface area contributed by atoms with E-state index < -0.39 is 5.79 Å². The first kappa shape index (κ1) is 22.4. The van der Waals surface area contributed by atoms with Crippen molar-refractivity contribution < 1.29 is 14.4 Å². The van der Waals surface area contributed by atoms with Gasteiger partial charge in [0.1, 0.15) is 17.6 Å². The van der Waals surface area contributed by atoms with Gasteiger partial charge in [0.05, 0.1) is 5.52 Å². The standard InChI is InChI=1S/C32H30N3O2/c1-18(2)35-25-14-13-21-10-6-7-11-22(21)27(25)28-30-24-15-20(4)26-19(3)9-8-12-23(26)29(24)32(36,37-5)16-34(30)17-33-31(28)35/h6-15,17-18,36H,16H2,1-5H3/q+1. The van der Waals surface area contributed by atoms with Crippen molar-refractivity contribution in [3.05, 3.63) is 83.7 Å². The molecule has 1 N–H and O–H groups in total. The Balaban J connectivity index is 1.76. The number of methoxy groups -OCH3 is 1. The molecule has 1 unspecified atom stereocenters. The molecule has 1 atom stereocenters. The summed E-state index contributed by atoms with van der Waals surface area (Å²) in [5, 5.41) is 18.9. The number of fused-ring (bicyclic) bond motifs is 11. The van der Waals surface area contributed by atoms with Crippen LogP contribution in [0.25, 0.3) is 54.7 Å². The summed E-state index contributed by atoms with van der Waals surface area (Å²) in [4.78, 5) is 4.99. The fourth-order valence-corrected chi connectivity index (χ4v) is 6.67. The summed E-state index contributed by atoms with van der Waals surface area (Å²) < 4.78 is 10.3. The van der Waals surface area contributed by atoms with Crippen molar-refractivity contribution in [2.45, 2.75) is 46.1 Å². The highest BCUT2D eigenvalue weighted by Crippen LogP contribution is 2.47. The van der Waals surface area contributed by atoms with Crippen LogP contribution in [0.4, 0.5) is 0 Å². The third-order valence-electron chi connectivity index (χ3n) is 8.16. The maximum atomic E-state index is 11.9. The molecule has 0 spiro atoms. The molecule has 0 radical (unpaired) electrons. The van der Waals surface area contributed by atoms with E-state index in [1.54, 1.807) is 7.11 Å². The summed E-state index contributed by atoms with van der Waals surface area (Å²) in [6.07, 6.45) is 1.86. The van der Waals surface area contributed by atoms with Crippen LogP contribution in [0, 0.1) is 13.8 Å². The van der Waals surface area contributed by atoms with Crippen LogP contribution in [0.3, 0.4) is 0 Å². The molecule has 0 fully saturated rings. The van der Waals surface area contributed by atoms with Gasteiger partial charge in [-0.3, -0.25) is 0 Å². The maximum Gasteiger partial charge on any atom is 0.289 e. The lowest BCUT2D eigenvalue weighted by Gasteiger charge is -2.34. The molecule has 0 bridgehead atoms. The Morgan fingerprint density at radius 3 is 2.51 bits per heavy atom. The van der Waals surface area contributed by atoms with Gasteiger partial charge in [0.25, 0.3) is 12.0 Å². The zero-order valence-corrected chi connectivity index (χ0v) is 21.8. The minimum atomic E-state index is -1.47. The molecule has 6 aromatic rings. The fourth-order valence-electron chi connectivity index (χ4n) is 6.67. The van der Waals surface area contributed by atoms with Gasteiger partial charge in [0.15, 0.2) is 0 Å². The van der Waals surface area contributed by atoms with E-state index in [2.05, 4.69) is 97.5 Å². The zero-order valence-electron chi connectivity index (χ0n) is 21.8. The normalized spacial score (nSPS) is 17.3. The third kappa shape index (κ3) is 2.87. The molecular weight excluding hydrogens is 458 g/mol. The first-order valence-corrected chi connectivity index (χ1v) is 12.9. The molecule has 184 valence electrons. The van der Waals surface area contributed by atoms with Crippen molar-refractivity contribution in [2.75, 3.05) is 7.11 Å². The van der Waals surface area contributed by atoms with E-state index in [1.165, 1.54) is 38.2 Å². The number of hydrogen-bond acceptors (Lipinski definition) is 3. The molecule has 0 aliphatic carbocycles. The molecule has 0 amide bonds. The van der Waals surface area contributed by atoms with Crippen LogP contribution in [-0.2, 0) is 17.1 Å². The van der Waals surface area contributed by atoms with E-state index in [0.29, 0.717) is 0 Å². The third-order valence-corrected chi connectivity index (χ3v) is 8.16. The topological polar surface area (TPSA) is 51.2 Å². The smallest absolute Gasteiger partial charge is 0.289 e. The summed E-state index contributed by atoms with van der Waals surface area (Å²) >= 11 is 0. The molecule has 0 saturated carbocycles. The van der Waals surface area contributed by atoms with E-state index >= 15 is 0 Å². The van der Waals surface area contributed by atoms with E-state index in [4.69, 9.17) is 9.72 Å². The lowest BCUT2D eigenvalue weighted by Crippen LogP contribution is -2.52. The maximum absolute atomic E-state index is 11.9. The molecule has 5 nitrogen and oxygen atoms in total. The Kier molecular flexibility index (Phi) is 4.60. The van der Waals surface area contributed by atoms with E-state index in [-0.39, 0.29) is 12.6 Å². The number of hydrogen-bond donors (Lipinski definition) is 1. The van der Waals surface area contributed by atoms with Gasteiger partial charge in [-0.2, -0.15) is 0 Å². The van der Waals surface area contributed by atoms with Crippen LogP contribution >= 0.6 is 0 Å². The predicted octanol–water partition coefficient (Wildman–Crippen LogP) is 6.45.